The molecular weight excluding hydrogens is 214 g/mol. The molecule has 0 bridgehead atoms. The van der Waals surface area contributed by atoms with Gasteiger partial charge in [0.25, 0.3) is 0 Å². The minimum Gasteiger partial charge on any atom is -0.466 e. The van der Waals surface area contributed by atoms with Crippen molar-refractivity contribution in [1.29, 1.82) is 0 Å². The normalized spacial score (nSPS) is 10.6. The Kier molecular flexibility index (Phi) is 3.81. The summed E-state index contributed by atoms with van der Waals surface area (Å²) in [6.07, 6.45) is 4.02. The van der Waals surface area contributed by atoms with E-state index in [4.69, 9.17) is 4.74 Å². The van der Waals surface area contributed by atoms with Gasteiger partial charge in [0.05, 0.1) is 6.61 Å². The summed E-state index contributed by atoms with van der Waals surface area (Å²) in [5.41, 5.74) is 2.29. The van der Waals surface area contributed by atoms with Crippen LogP contribution in [0.2, 0.25) is 0 Å². The molecule has 2 rings (SSSR count). The minimum atomic E-state index is -0.114. The van der Waals surface area contributed by atoms with Crippen LogP contribution in [-0.2, 0) is 16.0 Å². The Balaban J connectivity index is 1.97. The number of rotatable bonds is 5. The molecule has 2 aromatic rings. The van der Waals surface area contributed by atoms with Crippen molar-refractivity contribution < 1.29 is 9.53 Å². The first-order valence-corrected chi connectivity index (χ1v) is 6.02. The van der Waals surface area contributed by atoms with Gasteiger partial charge in [0.15, 0.2) is 0 Å². The lowest BCUT2D eigenvalue weighted by Gasteiger charge is -2.02. The van der Waals surface area contributed by atoms with Crippen molar-refractivity contribution >= 4 is 16.9 Å². The second kappa shape index (κ2) is 5.53. The first kappa shape index (κ1) is 11.7. The van der Waals surface area contributed by atoms with Crippen LogP contribution in [0, 0.1) is 0 Å². The highest BCUT2D eigenvalue weighted by atomic mass is 16.5. The number of nitrogens with one attached hydrogen (secondary N) is 1. The number of para-hydroxylation sites is 1. The molecule has 90 valence electrons. The van der Waals surface area contributed by atoms with Gasteiger partial charge >= 0.3 is 5.97 Å². The van der Waals surface area contributed by atoms with Gasteiger partial charge in [0.2, 0.25) is 0 Å². The molecular formula is C14H17NO2. The fourth-order valence-electron chi connectivity index (χ4n) is 1.86. The molecule has 0 fully saturated rings. The summed E-state index contributed by atoms with van der Waals surface area (Å²) >= 11 is 0. The van der Waals surface area contributed by atoms with Gasteiger partial charge in [-0.15, -0.1) is 0 Å². The summed E-state index contributed by atoms with van der Waals surface area (Å²) in [4.78, 5) is 14.6. The molecule has 1 aromatic heterocycles. The monoisotopic (exact) mass is 231 g/mol. The highest BCUT2D eigenvalue weighted by Gasteiger charge is 2.06. The van der Waals surface area contributed by atoms with Crippen molar-refractivity contribution in [1.82, 2.24) is 4.98 Å². The molecule has 0 amide bonds. The molecule has 0 aliphatic heterocycles. The van der Waals surface area contributed by atoms with Gasteiger partial charge in [0, 0.05) is 23.5 Å². The van der Waals surface area contributed by atoms with Crippen LogP contribution in [0.5, 0.6) is 0 Å². The molecule has 1 aromatic carbocycles. The predicted molar refractivity (Wildman–Crippen MR) is 67.9 cm³/mol. The number of aryl methyl sites for hydroxylation is 1. The van der Waals surface area contributed by atoms with E-state index in [1.165, 1.54) is 10.9 Å². The van der Waals surface area contributed by atoms with Crippen molar-refractivity contribution in [2.75, 3.05) is 6.61 Å². The lowest BCUT2D eigenvalue weighted by Crippen LogP contribution is -2.06. The fourth-order valence-corrected chi connectivity index (χ4v) is 1.86. The molecule has 1 heterocycles. The van der Waals surface area contributed by atoms with Gasteiger partial charge in [0.1, 0.15) is 0 Å². The lowest BCUT2D eigenvalue weighted by molar-refractivity contribution is -0.143. The summed E-state index contributed by atoms with van der Waals surface area (Å²) in [6, 6.07) is 8.11. The zero-order chi connectivity index (χ0) is 12.1. The van der Waals surface area contributed by atoms with Gasteiger partial charge in [-0.25, -0.2) is 0 Å². The number of fused-ring (bicyclic) bond motifs is 1. The lowest BCUT2D eigenvalue weighted by atomic mass is 10.1. The number of ether oxygens (including phenoxy) is 1. The number of H-pyrrole nitrogens is 1. The highest BCUT2D eigenvalue weighted by molar-refractivity contribution is 5.83. The Morgan fingerprint density at radius 1 is 1.35 bits per heavy atom. The number of aromatic nitrogens is 1. The zero-order valence-corrected chi connectivity index (χ0v) is 10.0. The maximum Gasteiger partial charge on any atom is 0.306 e. The average molecular weight is 231 g/mol. The Morgan fingerprint density at radius 2 is 2.18 bits per heavy atom. The van der Waals surface area contributed by atoms with Crippen LogP contribution in [0.3, 0.4) is 0 Å². The van der Waals surface area contributed by atoms with Gasteiger partial charge in [-0.2, -0.15) is 0 Å². The maximum absolute atomic E-state index is 11.4. The molecule has 0 saturated heterocycles. The molecule has 0 saturated carbocycles. The van der Waals surface area contributed by atoms with Crippen molar-refractivity contribution in [3.63, 3.8) is 0 Å². The van der Waals surface area contributed by atoms with E-state index in [0.29, 0.717) is 13.0 Å². The van der Waals surface area contributed by atoms with Gasteiger partial charge in [-0.3, -0.25) is 4.79 Å². The van der Waals surface area contributed by atoms with Crippen LogP contribution < -0.4 is 0 Å². The van der Waals surface area contributed by atoms with E-state index in [1.807, 2.05) is 31.3 Å². The number of carbonyl (C=O) groups is 1. The largest absolute Gasteiger partial charge is 0.466 e. The number of hydrogen-bond donors (Lipinski definition) is 1. The number of hydrogen-bond acceptors (Lipinski definition) is 2. The summed E-state index contributed by atoms with van der Waals surface area (Å²) in [5, 5.41) is 1.19. The van der Waals surface area contributed by atoms with Crippen molar-refractivity contribution in [3.8, 4) is 0 Å². The van der Waals surface area contributed by atoms with Gasteiger partial charge in [-0.05, 0) is 24.5 Å². The van der Waals surface area contributed by atoms with Gasteiger partial charge in [-0.1, -0.05) is 25.1 Å². The number of benzene rings is 1. The topological polar surface area (TPSA) is 42.1 Å². The summed E-state index contributed by atoms with van der Waals surface area (Å²) in [6.45, 7) is 2.51. The molecule has 0 unspecified atom stereocenters. The summed E-state index contributed by atoms with van der Waals surface area (Å²) in [7, 11) is 0. The SMILES string of the molecule is CCCOC(=O)CCc1c[nH]c2ccccc12. The highest BCUT2D eigenvalue weighted by Crippen LogP contribution is 2.18. The van der Waals surface area contributed by atoms with E-state index in [2.05, 4.69) is 11.1 Å². The first-order chi connectivity index (χ1) is 8.31. The Morgan fingerprint density at radius 3 is 3.00 bits per heavy atom. The van der Waals surface area contributed by atoms with E-state index < -0.39 is 0 Å². The van der Waals surface area contributed by atoms with Crippen LogP contribution in [0.15, 0.2) is 30.5 Å². The van der Waals surface area contributed by atoms with Crippen LogP contribution in [-0.4, -0.2) is 17.6 Å². The Labute approximate surface area is 101 Å². The third kappa shape index (κ3) is 2.87. The van der Waals surface area contributed by atoms with E-state index >= 15 is 0 Å². The van der Waals surface area contributed by atoms with E-state index in [1.54, 1.807) is 0 Å². The third-order valence-electron chi connectivity index (χ3n) is 2.74. The number of carbonyl (C=O) groups excluding carboxylic acids is 1. The van der Waals surface area contributed by atoms with Crippen molar-refractivity contribution in [2.45, 2.75) is 26.2 Å². The zero-order valence-electron chi connectivity index (χ0n) is 10.0. The smallest absolute Gasteiger partial charge is 0.306 e. The second-order valence-electron chi connectivity index (χ2n) is 4.08. The summed E-state index contributed by atoms with van der Waals surface area (Å²) < 4.78 is 5.05. The number of esters is 1. The van der Waals surface area contributed by atoms with Crippen LogP contribution in [0.25, 0.3) is 10.9 Å². The molecule has 0 spiro atoms. The molecule has 3 nitrogen and oxygen atoms in total. The predicted octanol–water partition coefficient (Wildman–Crippen LogP) is 3.05. The minimum absolute atomic E-state index is 0.114. The molecule has 1 N–H and O–H groups in total. The van der Waals surface area contributed by atoms with Crippen LogP contribution >= 0.6 is 0 Å². The van der Waals surface area contributed by atoms with Gasteiger partial charge < -0.3 is 9.72 Å². The molecule has 0 atom stereocenters. The first-order valence-electron chi connectivity index (χ1n) is 6.02. The molecule has 0 radical (unpaired) electrons. The number of aromatic amines is 1. The second-order valence-corrected chi connectivity index (χ2v) is 4.08. The van der Waals surface area contributed by atoms with E-state index in [-0.39, 0.29) is 5.97 Å². The van der Waals surface area contributed by atoms with Crippen molar-refractivity contribution in [2.24, 2.45) is 0 Å². The average Bonchev–Trinajstić information content (AvgIpc) is 2.77. The molecule has 3 heteroatoms. The third-order valence-corrected chi connectivity index (χ3v) is 2.74. The Hall–Kier alpha value is -1.77. The van der Waals surface area contributed by atoms with Crippen LogP contribution in [0.4, 0.5) is 0 Å². The van der Waals surface area contributed by atoms with E-state index in [9.17, 15) is 4.79 Å². The van der Waals surface area contributed by atoms with E-state index in [0.717, 1.165) is 18.4 Å². The summed E-state index contributed by atoms with van der Waals surface area (Å²) in [5.74, 6) is -0.114. The fraction of sp³-hybridized carbons (Fsp3) is 0.357. The van der Waals surface area contributed by atoms with Crippen LogP contribution in [0.1, 0.15) is 25.3 Å². The standard InChI is InChI=1S/C14H17NO2/c1-2-9-17-14(16)8-7-11-10-15-13-6-4-3-5-12(11)13/h3-6,10,15H,2,7-9H2,1H3. The molecule has 0 aliphatic rings. The quantitative estimate of drug-likeness (QED) is 0.803. The maximum atomic E-state index is 11.4. The molecule has 17 heavy (non-hydrogen) atoms. The molecule has 0 aliphatic carbocycles. The Bertz CT molecular complexity index is 502. The van der Waals surface area contributed by atoms with Crippen molar-refractivity contribution in [3.05, 3.63) is 36.0 Å².